The molecule has 1 atom stereocenters. The number of carboxylic acid groups (broad SMARTS) is 1. The predicted molar refractivity (Wildman–Crippen MR) is 67.9 cm³/mol. The lowest BCUT2D eigenvalue weighted by atomic mass is 10.2. The third-order valence-corrected chi connectivity index (χ3v) is 3.07. The molecule has 20 heavy (non-hydrogen) atoms. The van der Waals surface area contributed by atoms with Crippen molar-refractivity contribution in [2.24, 2.45) is 0 Å². The number of imide groups is 1. The molecule has 1 aliphatic rings. The summed E-state index contributed by atoms with van der Waals surface area (Å²) in [5, 5.41) is 8.94. The topological polar surface area (TPSA) is 87.2 Å². The van der Waals surface area contributed by atoms with Crippen molar-refractivity contribution in [1.82, 2.24) is 9.80 Å². The lowest BCUT2D eigenvalue weighted by Gasteiger charge is -2.14. The normalized spacial score (nSPS) is 18.2. The Kier molecular flexibility index (Phi) is 3.88. The molecule has 0 aromatic heterocycles. The minimum Gasteiger partial charge on any atom is -0.480 e. The summed E-state index contributed by atoms with van der Waals surface area (Å²) < 4.78 is 5.01. The molecule has 7 nitrogen and oxygen atoms in total. The quantitative estimate of drug-likeness (QED) is 0.896. The average Bonchev–Trinajstić information content (AvgIpc) is 2.74. The molecule has 1 aromatic carbocycles. The van der Waals surface area contributed by atoms with Gasteiger partial charge in [0.15, 0.2) is 0 Å². The number of ether oxygens (including phenoxy) is 1. The molecular formula is C13H14N2O5. The molecule has 0 bridgehead atoms. The van der Waals surface area contributed by atoms with Gasteiger partial charge in [-0.2, -0.15) is 0 Å². The number of hydrogen-bond acceptors (Lipinski definition) is 4. The Morgan fingerprint density at radius 3 is 2.55 bits per heavy atom. The van der Waals surface area contributed by atoms with Crippen LogP contribution in [0.25, 0.3) is 0 Å². The zero-order chi connectivity index (χ0) is 14.7. The first-order chi connectivity index (χ1) is 9.50. The van der Waals surface area contributed by atoms with Crippen molar-refractivity contribution >= 4 is 18.1 Å². The van der Waals surface area contributed by atoms with E-state index < -0.39 is 24.1 Å². The van der Waals surface area contributed by atoms with Crippen LogP contribution in [0.4, 0.5) is 9.59 Å². The number of hydrogen-bond donors (Lipinski definition) is 1. The number of likely N-dealkylation sites (N-methyl/N-ethyl adjacent to an activating group) is 1. The maximum absolute atomic E-state index is 11.8. The fourth-order valence-electron chi connectivity index (χ4n) is 1.89. The van der Waals surface area contributed by atoms with Gasteiger partial charge in [-0.15, -0.1) is 0 Å². The maximum Gasteiger partial charge on any atom is 0.418 e. The highest BCUT2D eigenvalue weighted by atomic mass is 16.6. The van der Waals surface area contributed by atoms with Crippen LogP contribution in [0.15, 0.2) is 30.3 Å². The third-order valence-electron chi connectivity index (χ3n) is 3.07. The molecule has 0 aliphatic carbocycles. The van der Waals surface area contributed by atoms with Crippen LogP contribution in [0.3, 0.4) is 0 Å². The van der Waals surface area contributed by atoms with Gasteiger partial charge < -0.3 is 14.7 Å². The van der Waals surface area contributed by atoms with Crippen LogP contribution in [0.5, 0.6) is 0 Å². The largest absolute Gasteiger partial charge is 0.480 e. The van der Waals surface area contributed by atoms with Gasteiger partial charge >= 0.3 is 18.1 Å². The van der Waals surface area contributed by atoms with Crippen LogP contribution < -0.4 is 0 Å². The Bertz CT molecular complexity index is 531. The molecule has 1 saturated heterocycles. The summed E-state index contributed by atoms with van der Waals surface area (Å²) in [6.45, 7) is -0.177. The van der Waals surface area contributed by atoms with Gasteiger partial charge in [-0.25, -0.2) is 19.3 Å². The molecule has 0 saturated carbocycles. The Balaban J connectivity index is 1.96. The van der Waals surface area contributed by atoms with Crippen molar-refractivity contribution in [2.75, 3.05) is 13.6 Å². The highest BCUT2D eigenvalue weighted by Crippen LogP contribution is 2.16. The highest BCUT2D eigenvalue weighted by Gasteiger charge is 2.42. The molecule has 1 aromatic rings. The zero-order valence-corrected chi connectivity index (χ0v) is 10.9. The molecule has 1 N–H and O–H groups in total. The summed E-state index contributed by atoms with van der Waals surface area (Å²) >= 11 is 0. The summed E-state index contributed by atoms with van der Waals surface area (Å²) in [4.78, 5) is 36.3. The van der Waals surface area contributed by atoms with Crippen molar-refractivity contribution in [3.63, 3.8) is 0 Å². The van der Waals surface area contributed by atoms with Gasteiger partial charge in [-0.05, 0) is 5.56 Å². The minimum atomic E-state index is -1.15. The summed E-state index contributed by atoms with van der Waals surface area (Å²) in [5.74, 6) is -1.15. The molecule has 2 rings (SSSR count). The highest BCUT2D eigenvalue weighted by molar-refractivity contribution is 5.96. The average molecular weight is 278 g/mol. The Hall–Kier alpha value is -2.57. The summed E-state index contributed by atoms with van der Waals surface area (Å²) in [5.41, 5.74) is 0.788. The van der Waals surface area contributed by atoms with E-state index in [1.54, 1.807) is 24.3 Å². The van der Waals surface area contributed by atoms with Crippen LogP contribution in [0, 0.1) is 0 Å². The second-order valence-corrected chi connectivity index (χ2v) is 4.40. The number of benzene rings is 1. The Morgan fingerprint density at radius 2 is 2.00 bits per heavy atom. The van der Waals surface area contributed by atoms with E-state index in [0.717, 1.165) is 15.4 Å². The molecule has 1 fully saturated rings. The van der Waals surface area contributed by atoms with E-state index in [-0.39, 0.29) is 13.2 Å². The number of urea groups is 1. The SMILES string of the molecule is CN1C(=O)N(C(=O)OCc2ccccc2)CC1C(=O)O. The summed E-state index contributed by atoms with van der Waals surface area (Å²) in [7, 11) is 1.34. The van der Waals surface area contributed by atoms with Gasteiger partial charge in [0.25, 0.3) is 0 Å². The van der Waals surface area contributed by atoms with Crippen LogP contribution in [0.2, 0.25) is 0 Å². The van der Waals surface area contributed by atoms with Crippen molar-refractivity contribution in [3.8, 4) is 0 Å². The standard InChI is InChI=1S/C13H14N2O5/c1-14-10(11(16)17)7-15(12(14)18)13(19)20-8-9-5-3-2-4-6-9/h2-6,10H,7-8H2,1H3,(H,16,17). The molecule has 0 radical (unpaired) electrons. The van der Waals surface area contributed by atoms with Crippen molar-refractivity contribution in [2.45, 2.75) is 12.6 Å². The van der Waals surface area contributed by atoms with Gasteiger partial charge in [0.05, 0.1) is 6.54 Å². The van der Waals surface area contributed by atoms with E-state index in [1.807, 2.05) is 6.07 Å². The number of nitrogens with zero attached hydrogens (tertiary/aromatic N) is 2. The molecule has 1 unspecified atom stereocenters. The molecule has 0 spiro atoms. The Labute approximate surface area is 115 Å². The fourth-order valence-corrected chi connectivity index (χ4v) is 1.89. The first-order valence-electron chi connectivity index (χ1n) is 5.98. The van der Waals surface area contributed by atoms with Crippen LogP contribution >= 0.6 is 0 Å². The van der Waals surface area contributed by atoms with E-state index in [1.165, 1.54) is 7.05 Å². The second-order valence-electron chi connectivity index (χ2n) is 4.40. The predicted octanol–water partition coefficient (Wildman–Crippen LogP) is 1.14. The molecule has 1 heterocycles. The van der Waals surface area contributed by atoms with E-state index in [0.29, 0.717) is 0 Å². The minimum absolute atomic E-state index is 0.0326. The molecule has 106 valence electrons. The summed E-state index contributed by atoms with van der Waals surface area (Å²) in [6.07, 6.45) is -0.838. The number of rotatable bonds is 3. The third kappa shape index (κ3) is 2.71. The van der Waals surface area contributed by atoms with Crippen molar-refractivity contribution in [3.05, 3.63) is 35.9 Å². The van der Waals surface area contributed by atoms with Crippen LogP contribution in [0.1, 0.15) is 5.56 Å². The van der Waals surface area contributed by atoms with E-state index in [2.05, 4.69) is 0 Å². The van der Waals surface area contributed by atoms with E-state index in [4.69, 9.17) is 9.84 Å². The zero-order valence-electron chi connectivity index (χ0n) is 10.9. The van der Waals surface area contributed by atoms with E-state index in [9.17, 15) is 14.4 Å². The summed E-state index contributed by atoms with van der Waals surface area (Å²) in [6, 6.07) is 7.30. The molecule has 3 amide bonds. The number of carbonyl (C=O) groups is 3. The molecular weight excluding hydrogens is 264 g/mol. The fraction of sp³-hybridized carbons (Fsp3) is 0.308. The smallest absolute Gasteiger partial charge is 0.418 e. The maximum atomic E-state index is 11.8. The number of carboxylic acids is 1. The van der Waals surface area contributed by atoms with E-state index >= 15 is 0 Å². The first kappa shape index (κ1) is 13.9. The lowest BCUT2D eigenvalue weighted by Crippen LogP contribution is -2.36. The first-order valence-corrected chi connectivity index (χ1v) is 5.98. The van der Waals surface area contributed by atoms with Crippen LogP contribution in [-0.2, 0) is 16.1 Å². The van der Waals surface area contributed by atoms with Crippen LogP contribution in [-0.4, -0.2) is 52.6 Å². The second kappa shape index (κ2) is 5.60. The van der Waals surface area contributed by atoms with Crippen molar-refractivity contribution in [1.29, 1.82) is 0 Å². The van der Waals surface area contributed by atoms with Gasteiger partial charge in [-0.3, -0.25) is 0 Å². The van der Waals surface area contributed by atoms with Gasteiger partial charge in [-0.1, -0.05) is 30.3 Å². The number of carbonyl (C=O) groups excluding carboxylic acids is 2. The lowest BCUT2D eigenvalue weighted by molar-refractivity contribution is -0.140. The number of aliphatic carboxylic acids is 1. The van der Waals surface area contributed by atoms with Gasteiger partial charge in [0.2, 0.25) is 0 Å². The Morgan fingerprint density at radius 1 is 1.35 bits per heavy atom. The molecule has 1 aliphatic heterocycles. The van der Waals surface area contributed by atoms with Gasteiger partial charge in [0, 0.05) is 7.05 Å². The monoisotopic (exact) mass is 278 g/mol. The van der Waals surface area contributed by atoms with Crippen molar-refractivity contribution < 1.29 is 24.2 Å². The molecule has 7 heteroatoms. The number of amides is 3. The van der Waals surface area contributed by atoms with Gasteiger partial charge in [0.1, 0.15) is 12.6 Å².